The van der Waals surface area contributed by atoms with Gasteiger partial charge >= 0.3 is 5.97 Å². The van der Waals surface area contributed by atoms with Gasteiger partial charge in [0.2, 0.25) is 5.91 Å². The van der Waals surface area contributed by atoms with E-state index < -0.39 is 17.9 Å². The average molecular weight is 305 g/mol. The maximum Gasteiger partial charge on any atom is 0.330 e. The quantitative estimate of drug-likeness (QED) is 0.887. The van der Waals surface area contributed by atoms with Crippen molar-refractivity contribution in [1.29, 1.82) is 0 Å². The number of pyridine rings is 1. The first-order valence-corrected chi connectivity index (χ1v) is 6.61. The lowest BCUT2D eigenvalue weighted by Crippen LogP contribution is -2.34. The molecule has 1 aromatic heterocycles. The third kappa shape index (κ3) is 4.03. The predicted molar refractivity (Wildman–Crippen MR) is 77.9 cm³/mol. The Labute approximate surface area is 126 Å². The topological polar surface area (TPSA) is 79.3 Å². The number of carbonyl (C=O) groups excluding carboxylic acids is 1. The molecule has 6 heteroatoms. The number of aliphatic carboxylic acids is 1. The fourth-order valence-corrected chi connectivity index (χ4v) is 2.12. The minimum absolute atomic E-state index is 0.0801. The highest BCUT2D eigenvalue weighted by Gasteiger charge is 2.24. The number of hydrogen-bond donors (Lipinski definition) is 2. The molecule has 21 heavy (non-hydrogen) atoms. The molecule has 0 saturated heterocycles. The van der Waals surface area contributed by atoms with Crippen molar-refractivity contribution in [2.45, 2.75) is 12.5 Å². The Morgan fingerprint density at radius 2 is 1.86 bits per heavy atom. The van der Waals surface area contributed by atoms with Gasteiger partial charge in [-0.05, 0) is 23.8 Å². The highest BCUT2D eigenvalue weighted by molar-refractivity contribution is 6.31. The number of benzene rings is 1. The van der Waals surface area contributed by atoms with Crippen LogP contribution in [0.5, 0.6) is 0 Å². The monoisotopic (exact) mass is 304 g/mol. The van der Waals surface area contributed by atoms with Crippen molar-refractivity contribution in [2.75, 3.05) is 0 Å². The molecule has 0 spiro atoms. The number of carbonyl (C=O) groups is 2. The number of hydrogen-bond acceptors (Lipinski definition) is 3. The molecule has 0 saturated carbocycles. The highest BCUT2D eigenvalue weighted by atomic mass is 35.5. The van der Waals surface area contributed by atoms with Crippen LogP contribution in [0.15, 0.2) is 48.8 Å². The summed E-state index contributed by atoms with van der Waals surface area (Å²) >= 11 is 5.98. The molecule has 5 nitrogen and oxygen atoms in total. The van der Waals surface area contributed by atoms with Gasteiger partial charge in [-0.1, -0.05) is 29.8 Å². The minimum Gasteiger partial charge on any atom is -0.479 e. The second-order valence-corrected chi connectivity index (χ2v) is 4.80. The largest absolute Gasteiger partial charge is 0.479 e. The van der Waals surface area contributed by atoms with Gasteiger partial charge in [-0.25, -0.2) is 4.79 Å². The van der Waals surface area contributed by atoms with Gasteiger partial charge in [0.25, 0.3) is 0 Å². The highest BCUT2D eigenvalue weighted by Crippen LogP contribution is 2.23. The van der Waals surface area contributed by atoms with E-state index in [9.17, 15) is 14.7 Å². The van der Waals surface area contributed by atoms with E-state index >= 15 is 0 Å². The fourth-order valence-electron chi connectivity index (χ4n) is 1.88. The lowest BCUT2D eigenvalue weighted by molar-refractivity contribution is -0.141. The lowest BCUT2D eigenvalue weighted by atomic mass is 10.1. The van der Waals surface area contributed by atoms with Crippen LogP contribution in [0.4, 0.5) is 0 Å². The summed E-state index contributed by atoms with van der Waals surface area (Å²) < 4.78 is 0. The standard InChI is InChI=1S/C15H13ClN2O3/c16-12-4-2-1-3-11(12)14(15(20)21)18-13(19)9-10-5-7-17-8-6-10/h1-8,14H,9H2,(H,18,19)(H,20,21)/t14-/m1/s1. The van der Waals surface area contributed by atoms with E-state index in [2.05, 4.69) is 10.3 Å². The third-order valence-corrected chi connectivity index (χ3v) is 3.23. The Morgan fingerprint density at radius 1 is 1.19 bits per heavy atom. The molecular formula is C15H13ClN2O3. The summed E-state index contributed by atoms with van der Waals surface area (Å²) in [5.41, 5.74) is 1.11. The summed E-state index contributed by atoms with van der Waals surface area (Å²) in [6, 6.07) is 8.76. The molecule has 0 aliphatic heterocycles. The zero-order valence-electron chi connectivity index (χ0n) is 11.0. The van der Waals surface area contributed by atoms with Crippen molar-refractivity contribution < 1.29 is 14.7 Å². The first-order valence-electron chi connectivity index (χ1n) is 6.23. The van der Waals surface area contributed by atoms with Crippen LogP contribution < -0.4 is 5.32 Å². The Morgan fingerprint density at radius 3 is 2.48 bits per heavy atom. The van der Waals surface area contributed by atoms with Crippen LogP contribution in [0.3, 0.4) is 0 Å². The average Bonchev–Trinajstić information content (AvgIpc) is 2.46. The van der Waals surface area contributed by atoms with Crippen molar-refractivity contribution in [3.8, 4) is 0 Å². The van der Waals surface area contributed by atoms with Crippen LogP contribution in [-0.4, -0.2) is 22.0 Å². The van der Waals surface area contributed by atoms with Crippen molar-refractivity contribution in [2.24, 2.45) is 0 Å². The molecule has 0 radical (unpaired) electrons. The molecule has 108 valence electrons. The Kier molecular flexibility index (Phi) is 4.90. The normalized spacial score (nSPS) is 11.7. The Balaban J connectivity index is 2.12. The summed E-state index contributed by atoms with van der Waals surface area (Å²) in [5.74, 6) is -1.56. The van der Waals surface area contributed by atoms with Gasteiger partial charge in [0.15, 0.2) is 6.04 Å². The van der Waals surface area contributed by atoms with Crippen LogP contribution >= 0.6 is 11.6 Å². The number of halogens is 1. The first-order chi connectivity index (χ1) is 10.1. The molecule has 2 aromatic rings. The van der Waals surface area contributed by atoms with E-state index in [1.807, 2.05) is 0 Å². The summed E-state index contributed by atoms with van der Waals surface area (Å²) in [6.07, 6.45) is 3.23. The van der Waals surface area contributed by atoms with E-state index in [0.29, 0.717) is 10.6 Å². The van der Waals surface area contributed by atoms with Gasteiger partial charge in [-0.15, -0.1) is 0 Å². The maximum atomic E-state index is 12.0. The summed E-state index contributed by atoms with van der Waals surface area (Å²) in [7, 11) is 0. The number of nitrogens with zero attached hydrogens (tertiary/aromatic N) is 1. The Bertz CT molecular complexity index is 646. The molecule has 2 rings (SSSR count). The number of amides is 1. The summed E-state index contributed by atoms with van der Waals surface area (Å²) in [6.45, 7) is 0. The SMILES string of the molecule is O=C(Cc1ccncc1)N[C@@H](C(=O)O)c1ccccc1Cl. The Hall–Kier alpha value is -2.40. The number of carboxylic acids is 1. The number of nitrogens with one attached hydrogen (secondary N) is 1. The molecule has 0 aliphatic carbocycles. The number of aromatic nitrogens is 1. The molecule has 1 heterocycles. The minimum atomic E-state index is -1.17. The van der Waals surface area contributed by atoms with Gasteiger partial charge in [0.05, 0.1) is 6.42 Å². The zero-order valence-corrected chi connectivity index (χ0v) is 11.7. The van der Waals surface area contributed by atoms with E-state index in [4.69, 9.17) is 11.6 Å². The van der Waals surface area contributed by atoms with E-state index in [0.717, 1.165) is 5.56 Å². The van der Waals surface area contributed by atoms with Crippen LogP contribution in [0, 0.1) is 0 Å². The molecule has 1 amide bonds. The van der Waals surface area contributed by atoms with Crippen LogP contribution in [0.1, 0.15) is 17.2 Å². The fraction of sp³-hybridized carbons (Fsp3) is 0.133. The molecule has 0 unspecified atom stereocenters. The van der Waals surface area contributed by atoms with Gasteiger partial charge in [-0.2, -0.15) is 0 Å². The molecule has 1 atom stereocenters. The molecule has 2 N–H and O–H groups in total. The van der Waals surface area contributed by atoms with Crippen LogP contribution in [0.2, 0.25) is 5.02 Å². The molecule has 0 fully saturated rings. The molecule has 0 aliphatic rings. The molecule has 1 aromatic carbocycles. The second kappa shape index (κ2) is 6.85. The van der Waals surface area contributed by atoms with Crippen molar-refractivity contribution in [3.63, 3.8) is 0 Å². The predicted octanol–water partition coefficient (Wildman–Crippen LogP) is 2.22. The van der Waals surface area contributed by atoms with Crippen LogP contribution in [-0.2, 0) is 16.0 Å². The first kappa shape index (κ1) is 15.0. The van der Waals surface area contributed by atoms with Gasteiger partial charge in [-0.3, -0.25) is 9.78 Å². The number of rotatable bonds is 5. The molecule has 0 bridgehead atoms. The smallest absolute Gasteiger partial charge is 0.330 e. The lowest BCUT2D eigenvalue weighted by Gasteiger charge is -2.16. The van der Waals surface area contributed by atoms with Crippen molar-refractivity contribution >= 4 is 23.5 Å². The summed E-state index contributed by atoms with van der Waals surface area (Å²) in [5, 5.41) is 12.1. The van der Waals surface area contributed by atoms with Gasteiger partial charge in [0.1, 0.15) is 0 Å². The van der Waals surface area contributed by atoms with E-state index in [1.54, 1.807) is 48.8 Å². The third-order valence-electron chi connectivity index (χ3n) is 2.88. The van der Waals surface area contributed by atoms with E-state index in [-0.39, 0.29) is 6.42 Å². The van der Waals surface area contributed by atoms with Gasteiger partial charge in [0, 0.05) is 23.0 Å². The number of carboxylic acid groups (broad SMARTS) is 1. The van der Waals surface area contributed by atoms with Gasteiger partial charge < -0.3 is 10.4 Å². The maximum absolute atomic E-state index is 12.0. The van der Waals surface area contributed by atoms with Crippen LogP contribution in [0.25, 0.3) is 0 Å². The second-order valence-electron chi connectivity index (χ2n) is 4.39. The van der Waals surface area contributed by atoms with Crippen molar-refractivity contribution in [3.05, 3.63) is 64.9 Å². The van der Waals surface area contributed by atoms with E-state index in [1.165, 1.54) is 0 Å². The van der Waals surface area contributed by atoms with Crippen molar-refractivity contribution in [1.82, 2.24) is 10.3 Å². The molecular weight excluding hydrogens is 292 g/mol. The zero-order chi connectivity index (χ0) is 15.2. The summed E-state index contributed by atoms with van der Waals surface area (Å²) in [4.78, 5) is 27.2.